The van der Waals surface area contributed by atoms with E-state index < -0.39 is 0 Å². The molecule has 3 aromatic rings. The topological polar surface area (TPSA) is 83.8 Å². The van der Waals surface area contributed by atoms with Crippen LogP contribution in [0.25, 0.3) is 11.1 Å². The third-order valence-electron chi connectivity index (χ3n) is 5.04. The summed E-state index contributed by atoms with van der Waals surface area (Å²) < 4.78 is 1.81. The second kappa shape index (κ2) is 8.35. The van der Waals surface area contributed by atoms with Gasteiger partial charge in [0.1, 0.15) is 6.33 Å². The van der Waals surface area contributed by atoms with E-state index in [0.717, 1.165) is 30.8 Å². The van der Waals surface area contributed by atoms with Gasteiger partial charge >= 0.3 is 0 Å². The van der Waals surface area contributed by atoms with E-state index in [2.05, 4.69) is 59.8 Å². The molecule has 28 heavy (non-hydrogen) atoms. The maximum atomic E-state index is 4.56. The van der Waals surface area contributed by atoms with Gasteiger partial charge in [0.2, 0.25) is 11.9 Å². The van der Waals surface area contributed by atoms with E-state index in [1.807, 2.05) is 31.2 Å². The average Bonchev–Trinajstić information content (AvgIpc) is 3.39. The largest absolute Gasteiger partial charge is 0.350 e. The molecule has 1 unspecified atom stereocenters. The van der Waals surface area contributed by atoms with Crippen LogP contribution in [0.2, 0.25) is 0 Å². The first-order valence-electron chi connectivity index (χ1n) is 9.60. The molecule has 0 saturated carbocycles. The zero-order chi connectivity index (χ0) is 19.3. The van der Waals surface area contributed by atoms with Crippen LogP contribution in [0, 0.1) is 5.92 Å². The highest BCUT2D eigenvalue weighted by Crippen LogP contribution is 2.19. The van der Waals surface area contributed by atoms with Gasteiger partial charge in [-0.05, 0) is 36.6 Å². The van der Waals surface area contributed by atoms with Crippen LogP contribution >= 0.6 is 0 Å². The molecular weight excluding hydrogens is 352 g/mol. The molecule has 1 saturated heterocycles. The molecule has 0 bridgehead atoms. The van der Waals surface area contributed by atoms with Crippen LogP contribution < -0.4 is 15.5 Å². The van der Waals surface area contributed by atoms with Crippen molar-refractivity contribution in [2.75, 3.05) is 36.9 Å². The average molecular weight is 378 g/mol. The number of hydrogen-bond acceptors (Lipinski definition) is 7. The minimum absolute atomic E-state index is 0.595. The minimum atomic E-state index is 0.595. The lowest BCUT2D eigenvalue weighted by Gasteiger charge is -2.20. The predicted octanol–water partition coefficient (Wildman–Crippen LogP) is 1.93. The highest BCUT2D eigenvalue weighted by molar-refractivity contribution is 5.62. The third-order valence-corrected chi connectivity index (χ3v) is 5.04. The molecule has 8 heteroatoms. The van der Waals surface area contributed by atoms with Gasteiger partial charge in [-0.2, -0.15) is 10.1 Å². The van der Waals surface area contributed by atoms with Crippen LogP contribution in [-0.2, 0) is 13.6 Å². The molecule has 1 fully saturated rings. The van der Waals surface area contributed by atoms with E-state index in [1.54, 1.807) is 6.33 Å². The van der Waals surface area contributed by atoms with Crippen molar-refractivity contribution in [3.8, 4) is 11.1 Å². The molecular formula is C20H26N8. The SMILES string of the molecule is CN(CC1CCNC1)c1ncnc(NCc2ccc(-c3cnn(C)c3)cc2)n1. The maximum absolute atomic E-state index is 4.56. The second-order valence-corrected chi connectivity index (χ2v) is 7.30. The van der Waals surface area contributed by atoms with E-state index in [4.69, 9.17) is 0 Å². The number of aromatic nitrogens is 5. The Morgan fingerprint density at radius 2 is 2.07 bits per heavy atom. The fourth-order valence-corrected chi connectivity index (χ4v) is 3.46. The Kier molecular flexibility index (Phi) is 5.48. The monoisotopic (exact) mass is 378 g/mol. The standard InChI is InChI=1S/C20H26N8/c1-27(12-16-7-8-21-9-16)20-24-14-23-19(26-20)22-10-15-3-5-17(6-4-15)18-11-25-28(2)13-18/h3-6,11,13-14,16,21H,7-10,12H2,1-2H3,(H,22,23,24,26). The van der Waals surface area contributed by atoms with E-state index >= 15 is 0 Å². The molecule has 1 aliphatic rings. The normalized spacial score (nSPS) is 16.3. The van der Waals surface area contributed by atoms with Crippen molar-refractivity contribution in [3.63, 3.8) is 0 Å². The third kappa shape index (κ3) is 4.45. The Labute approximate surface area is 165 Å². The van der Waals surface area contributed by atoms with Crippen LogP contribution in [-0.4, -0.2) is 51.4 Å². The van der Waals surface area contributed by atoms with Crippen molar-refractivity contribution < 1.29 is 0 Å². The van der Waals surface area contributed by atoms with Gasteiger partial charge in [0, 0.05) is 38.9 Å². The van der Waals surface area contributed by atoms with E-state index in [0.29, 0.717) is 24.4 Å². The summed E-state index contributed by atoms with van der Waals surface area (Å²) in [5.41, 5.74) is 3.44. The summed E-state index contributed by atoms with van der Waals surface area (Å²) in [6.45, 7) is 3.77. The van der Waals surface area contributed by atoms with Gasteiger partial charge in [-0.15, -0.1) is 0 Å². The van der Waals surface area contributed by atoms with E-state index in [1.165, 1.54) is 12.0 Å². The molecule has 0 aliphatic carbocycles. The first-order valence-corrected chi connectivity index (χ1v) is 9.60. The first kappa shape index (κ1) is 18.4. The van der Waals surface area contributed by atoms with Gasteiger partial charge in [0.05, 0.1) is 6.20 Å². The molecule has 0 spiro atoms. The van der Waals surface area contributed by atoms with Crippen LogP contribution in [0.1, 0.15) is 12.0 Å². The molecule has 146 valence electrons. The fraction of sp³-hybridized carbons (Fsp3) is 0.400. The number of benzene rings is 1. The first-order chi connectivity index (χ1) is 13.7. The molecule has 2 N–H and O–H groups in total. The number of hydrogen-bond donors (Lipinski definition) is 2. The van der Waals surface area contributed by atoms with Crippen LogP contribution in [0.4, 0.5) is 11.9 Å². The van der Waals surface area contributed by atoms with Crippen molar-refractivity contribution >= 4 is 11.9 Å². The van der Waals surface area contributed by atoms with Crippen LogP contribution in [0.3, 0.4) is 0 Å². The Hall–Kier alpha value is -3.00. The molecule has 1 atom stereocenters. The van der Waals surface area contributed by atoms with Crippen LogP contribution in [0.5, 0.6) is 0 Å². The quantitative estimate of drug-likeness (QED) is 0.650. The van der Waals surface area contributed by atoms with Crippen molar-refractivity contribution in [3.05, 3.63) is 48.5 Å². The molecule has 0 radical (unpaired) electrons. The number of anilines is 2. The van der Waals surface area contributed by atoms with Gasteiger partial charge in [0.15, 0.2) is 0 Å². The summed E-state index contributed by atoms with van der Waals surface area (Å²) in [5, 5.41) is 10.9. The van der Waals surface area contributed by atoms with E-state index in [-0.39, 0.29) is 0 Å². The highest BCUT2D eigenvalue weighted by Gasteiger charge is 2.18. The van der Waals surface area contributed by atoms with Gasteiger partial charge in [-0.25, -0.2) is 9.97 Å². The number of rotatable bonds is 7. The van der Waals surface area contributed by atoms with Gasteiger partial charge in [-0.3, -0.25) is 4.68 Å². The Bertz CT molecular complexity index is 899. The summed E-state index contributed by atoms with van der Waals surface area (Å²) in [6, 6.07) is 8.43. The van der Waals surface area contributed by atoms with Crippen LogP contribution in [0.15, 0.2) is 43.0 Å². The van der Waals surface area contributed by atoms with Gasteiger partial charge in [-0.1, -0.05) is 24.3 Å². The zero-order valence-electron chi connectivity index (χ0n) is 16.3. The maximum Gasteiger partial charge on any atom is 0.229 e. The zero-order valence-corrected chi connectivity index (χ0v) is 16.3. The lowest BCUT2D eigenvalue weighted by Crippen LogP contribution is -2.28. The van der Waals surface area contributed by atoms with Crippen molar-refractivity contribution in [1.82, 2.24) is 30.0 Å². The molecule has 8 nitrogen and oxygen atoms in total. The van der Waals surface area contributed by atoms with Gasteiger partial charge < -0.3 is 15.5 Å². The molecule has 1 aliphatic heterocycles. The van der Waals surface area contributed by atoms with Crippen molar-refractivity contribution in [2.24, 2.45) is 13.0 Å². The lowest BCUT2D eigenvalue weighted by atomic mass is 10.1. The second-order valence-electron chi connectivity index (χ2n) is 7.30. The van der Waals surface area contributed by atoms with E-state index in [9.17, 15) is 0 Å². The number of aryl methyl sites for hydroxylation is 1. The summed E-state index contributed by atoms with van der Waals surface area (Å²) in [4.78, 5) is 15.2. The molecule has 1 aromatic carbocycles. The highest BCUT2D eigenvalue weighted by atomic mass is 15.3. The summed E-state index contributed by atoms with van der Waals surface area (Å²) in [7, 11) is 3.96. The fourth-order valence-electron chi connectivity index (χ4n) is 3.46. The number of nitrogens with one attached hydrogen (secondary N) is 2. The Balaban J connectivity index is 1.35. The van der Waals surface area contributed by atoms with Crippen molar-refractivity contribution in [1.29, 1.82) is 0 Å². The summed E-state index contributed by atoms with van der Waals surface area (Å²) in [6.07, 6.45) is 6.66. The molecule has 2 aromatic heterocycles. The summed E-state index contributed by atoms with van der Waals surface area (Å²) >= 11 is 0. The minimum Gasteiger partial charge on any atom is -0.350 e. The molecule has 3 heterocycles. The van der Waals surface area contributed by atoms with Crippen molar-refractivity contribution in [2.45, 2.75) is 13.0 Å². The lowest BCUT2D eigenvalue weighted by molar-refractivity contribution is 0.572. The Morgan fingerprint density at radius 1 is 1.21 bits per heavy atom. The van der Waals surface area contributed by atoms with Gasteiger partial charge in [0.25, 0.3) is 0 Å². The summed E-state index contributed by atoms with van der Waals surface area (Å²) in [5.74, 6) is 1.95. The predicted molar refractivity (Wildman–Crippen MR) is 110 cm³/mol. The number of nitrogens with zero attached hydrogens (tertiary/aromatic N) is 6. The Morgan fingerprint density at radius 3 is 2.79 bits per heavy atom. The molecule has 4 rings (SSSR count). The smallest absolute Gasteiger partial charge is 0.229 e. The molecule has 0 amide bonds.